The Morgan fingerprint density at radius 2 is 2.31 bits per heavy atom. The Morgan fingerprint density at radius 3 is 2.96 bits per heavy atom. The average Bonchev–Trinajstić information content (AvgIpc) is 3.05. The fourth-order valence-electron chi connectivity index (χ4n) is 2.99. The van der Waals surface area contributed by atoms with Crippen LogP contribution in [0.3, 0.4) is 0 Å². The summed E-state index contributed by atoms with van der Waals surface area (Å²) in [7, 11) is 1.20. The van der Waals surface area contributed by atoms with E-state index in [1.165, 1.54) is 19.2 Å². The normalized spacial score (nSPS) is 17.2. The van der Waals surface area contributed by atoms with Gasteiger partial charge in [0.15, 0.2) is 0 Å². The summed E-state index contributed by atoms with van der Waals surface area (Å²) in [5, 5.41) is 15.4. The zero-order valence-corrected chi connectivity index (χ0v) is 14.6. The molecule has 26 heavy (non-hydrogen) atoms. The first-order valence-corrected chi connectivity index (χ1v) is 8.20. The summed E-state index contributed by atoms with van der Waals surface area (Å²) >= 11 is 0. The van der Waals surface area contributed by atoms with Crippen LogP contribution in [0, 0.1) is 17.0 Å². The predicted octanol–water partition coefficient (Wildman–Crippen LogP) is 1.79. The minimum atomic E-state index is -0.727. The van der Waals surface area contributed by atoms with E-state index in [0.29, 0.717) is 26.2 Å². The highest BCUT2D eigenvalue weighted by molar-refractivity contribution is 5.95. The highest BCUT2D eigenvalue weighted by Gasteiger charge is 2.26. The molecule has 0 aliphatic carbocycles. The molecule has 1 fully saturated rings. The second-order valence-corrected chi connectivity index (χ2v) is 6.13. The molecule has 138 valence electrons. The van der Waals surface area contributed by atoms with Crippen LogP contribution in [0.25, 0.3) is 0 Å². The Hall–Kier alpha value is -2.94. The van der Waals surface area contributed by atoms with Crippen LogP contribution >= 0.6 is 0 Å². The molecule has 1 aliphatic rings. The highest BCUT2D eigenvalue weighted by Crippen LogP contribution is 2.27. The second-order valence-electron chi connectivity index (χ2n) is 6.13. The Kier molecular flexibility index (Phi) is 5.17. The number of aromatic nitrogens is 2. The molecule has 0 radical (unpaired) electrons. The first-order chi connectivity index (χ1) is 12.5. The van der Waals surface area contributed by atoms with Crippen molar-refractivity contribution in [3.8, 4) is 0 Å². The van der Waals surface area contributed by atoms with Crippen molar-refractivity contribution in [2.45, 2.75) is 19.6 Å². The third-order valence-electron chi connectivity index (χ3n) is 4.24. The Labute approximate surface area is 150 Å². The molecule has 1 saturated heterocycles. The molecule has 2 heterocycles. The number of morpholine rings is 1. The van der Waals surface area contributed by atoms with Crippen LogP contribution < -0.4 is 4.90 Å². The summed E-state index contributed by atoms with van der Waals surface area (Å²) in [6.07, 6.45) is 3.67. The number of nitro benzene ring substituents is 1. The molecule has 9 heteroatoms. The standard InChI is InChI=1S/C17H20N4O5/c1-12-8-18-20(9-12)11-14-10-19(5-6-26-14)13-3-4-16(21(23)24)15(7-13)17(22)25-2/h3-4,7-9,14H,5-6,10-11H2,1-2H3. The molecule has 1 unspecified atom stereocenters. The van der Waals surface area contributed by atoms with E-state index in [9.17, 15) is 14.9 Å². The van der Waals surface area contributed by atoms with E-state index in [4.69, 9.17) is 4.74 Å². The lowest BCUT2D eigenvalue weighted by atomic mass is 10.1. The van der Waals surface area contributed by atoms with E-state index in [1.807, 2.05) is 22.7 Å². The molecule has 1 aromatic carbocycles. The smallest absolute Gasteiger partial charge is 0.344 e. The van der Waals surface area contributed by atoms with E-state index in [0.717, 1.165) is 11.3 Å². The summed E-state index contributed by atoms with van der Waals surface area (Å²) < 4.78 is 12.3. The fraction of sp³-hybridized carbons (Fsp3) is 0.412. The fourth-order valence-corrected chi connectivity index (χ4v) is 2.99. The van der Waals surface area contributed by atoms with Crippen molar-refractivity contribution in [2.24, 2.45) is 0 Å². The molecule has 9 nitrogen and oxygen atoms in total. The van der Waals surface area contributed by atoms with Gasteiger partial charge in [-0.05, 0) is 24.6 Å². The van der Waals surface area contributed by atoms with Gasteiger partial charge < -0.3 is 14.4 Å². The molecule has 1 aliphatic heterocycles. The topological polar surface area (TPSA) is 99.7 Å². The van der Waals surface area contributed by atoms with Gasteiger partial charge in [0.2, 0.25) is 0 Å². The van der Waals surface area contributed by atoms with Crippen molar-refractivity contribution in [3.63, 3.8) is 0 Å². The van der Waals surface area contributed by atoms with E-state index < -0.39 is 10.9 Å². The number of rotatable bonds is 5. The summed E-state index contributed by atoms with van der Waals surface area (Å²) in [4.78, 5) is 24.5. The molecule has 0 saturated carbocycles. The number of benzene rings is 1. The summed E-state index contributed by atoms with van der Waals surface area (Å²) in [5.74, 6) is -0.727. The molecule has 1 atom stereocenters. The SMILES string of the molecule is COC(=O)c1cc(N2CCOC(Cn3cc(C)cn3)C2)ccc1[N+](=O)[O-]. The number of nitrogens with zero attached hydrogens (tertiary/aromatic N) is 4. The Balaban J connectivity index is 1.79. The first-order valence-electron chi connectivity index (χ1n) is 8.20. The number of anilines is 1. The Bertz CT molecular complexity index is 819. The molecule has 3 rings (SSSR count). The van der Waals surface area contributed by atoms with Crippen LogP contribution in [0.15, 0.2) is 30.6 Å². The molecule has 1 aromatic heterocycles. The van der Waals surface area contributed by atoms with Crippen LogP contribution in [0.1, 0.15) is 15.9 Å². The monoisotopic (exact) mass is 360 g/mol. The molecule has 0 amide bonds. The minimum Gasteiger partial charge on any atom is -0.465 e. The van der Waals surface area contributed by atoms with Crippen molar-refractivity contribution >= 4 is 17.3 Å². The van der Waals surface area contributed by atoms with Crippen molar-refractivity contribution in [1.29, 1.82) is 0 Å². The van der Waals surface area contributed by atoms with E-state index in [1.54, 1.807) is 12.3 Å². The van der Waals surface area contributed by atoms with Crippen LogP contribution in [0.2, 0.25) is 0 Å². The average molecular weight is 360 g/mol. The number of carbonyl (C=O) groups excluding carboxylic acids is 1. The number of hydrogen-bond acceptors (Lipinski definition) is 7. The molecular formula is C17H20N4O5. The van der Waals surface area contributed by atoms with Crippen LogP contribution in [-0.2, 0) is 16.0 Å². The first kappa shape index (κ1) is 17.9. The molecule has 2 aromatic rings. The number of methoxy groups -OCH3 is 1. The number of ether oxygens (including phenoxy) is 2. The van der Waals surface area contributed by atoms with Gasteiger partial charge in [0, 0.05) is 31.0 Å². The molecule has 0 spiro atoms. The van der Waals surface area contributed by atoms with Crippen LogP contribution in [-0.4, -0.2) is 53.6 Å². The lowest BCUT2D eigenvalue weighted by Crippen LogP contribution is -2.44. The van der Waals surface area contributed by atoms with E-state index in [2.05, 4.69) is 9.84 Å². The maximum atomic E-state index is 11.9. The van der Waals surface area contributed by atoms with Crippen molar-refractivity contribution in [1.82, 2.24) is 9.78 Å². The predicted molar refractivity (Wildman–Crippen MR) is 93.4 cm³/mol. The van der Waals surface area contributed by atoms with E-state index >= 15 is 0 Å². The van der Waals surface area contributed by atoms with Gasteiger partial charge in [-0.2, -0.15) is 5.10 Å². The summed E-state index contributed by atoms with van der Waals surface area (Å²) in [6, 6.07) is 4.48. The third-order valence-corrected chi connectivity index (χ3v) is 4.24. The van der Waals surface area contributed by atoms with Gasteiger partial charge in [0.05, 0.1) is 37.5 Å². The van der Waals surface area contributed by atoms with Gasteiger partial charge in [-0.1, -0.05) is 0 Å². The lowest BCUT2D eigenvalue weighted by molar-refractivity contribution is -0.385. The van der Waals surface area contributed by atoms with Gasteiger partial charge >= 0.3 is 5.97 Å². The van der Waals surface area contributed by atoms with Crippen molar-refractivity contribution < 1.29 is 19.2 Å². The number of esters is 1. The van der Waals surface area contributed by atoms with Gasteiger partial charge in [-0.15, -0.1) is 0 Å². The number of carbonyl (C=O) groups is 1. The summed E-state index contributed by atoms with van der Waals surface area (Å²) in [6.45, 7) is 4.34. The maximum absolute atomic E-state index is 11.9. The summed E-state index contributed by atoms with van der Waals surface area (Å²) in [5.41, 5.74) is 1.48. The Morgan fingerprint density at radius 1 is 1.50 bits per heavy atom. The zero-order chi connectivity index (χ0) is 18.7. The van der Waals surface area contributed by atoms with Crippen molar-refractivity contribution in [3.05, 3.63) is 51.8 Å². The van der Waals surface area contributed by atoms with Crippen LogP contribution in [0.4, 0.5) is 11.4 Å². The van der Waals surface area contributed by atoms with Crippen LogP contribution in [0.5, 0.6) is 0 Å². The number of nitro groups is 1. The zero-order valence-electron chi connectivity index (χ0n) is 14.6. The third kappa shape index (κ3) is 3.83. The van der Waals surface area contributed by atoms with Gasteiger partial charge in [0.25, 0.3) is 5.69 Å². The number of aryl methyl sites for hydroxylation is 1. The lowest BCUT2D eigenvalue weighted by Gasteiger charge is -2.34. The number of hydrogen-bond donors (Lipinski definition) is 0. The molecule has 0 N–H and O–H groups in total. The van der Waals surface area contributed by atoms with Crippen molar-refractivity contribution in [2.75, 3.05) is 31.7 Å². The second kappa shape index (κ2) is 7.52. The maximum Gasteiger partial charge on any atom is 0.344 e. The quantitative estimate of drug-likeness (QED) is 0.455. The van der Waals surface area contributed by atoms with Gasteiger partial charge in [-0.25, -0.2) is 4.79 Å². The molecule has 0 bridgehead atoms. The van der Waals surface area contributed by atoms with Gasteiger partial charge in [-0.3, -0.25) is 14.8 Å². The van der Waals surface area contributed by atoms with Gasteiger partial charge in [0.1, 0.15) is 5.56 Å². The largest absolute Gasteiger partial charge is 0.465 e. The highest BCUT2D eigenvalue weighted by atomic mass is 16.6. The molecular weight excluding hydrogens is 340 g/mol. The minimum absolute atomic E-state index is 0.0549. The van der Waals surface area contributed by atoms with E-state index in [-0.39, 0.29) is 17.4 Å².